The third-order valence-corrected chi connectivity index (χ3v) is 3.98. The number of aromatic nitrogens is 5. The van der Waals surface area contributed by atoms with Crippen LogP contribution >= 0.6 is 0 Å². The first-order valence-electron chi connectivity index (χ1n) is 7.60. The highest BCUT2D eigenvalue weighted by molar-refractivity contribution is 6.07. The standard InChI is InChI=1S/C15H13F3N6O/c1-23-5-4-12(22-23)21-14(25)9-7-19-24-11(15(16,17)18)6-10(8-2-3-8)20-13(9)24/h4-8H,2-3H2,1H3,(H,21,22,25). The molecule has 0 aliphatic heterocycles. The lowest BCUT2D eigenvalue weighted by atomic mass is 10.2. The number of alkyl halides is 3. The van der Waals surface area contributed by atoms with Crippen LogP contribution in [0.3, 0.4) is 0 Å². The van der Waals surface area contributed by atoms with Crippen molar-refractivity contribution >= 4 is 17.4 Å². The molecule has 0 atom stereocenters. The number of rotatable bonds is 3. The number of fused-ring (bicyclic) bond motifs is 1. The second-order valence-electron chi connectivity index (χ2n) is 5.96. The first-order chi connectivity index (χ1) is 11.8. The summed E-state index contributed by atoms with van der Waals surface area (Å²) in [6, 6.07) is 2.59. The van der Waals surface area contributed by atoms with Gasteiger partial charge in [0.2, 0.25) is 0 Å². The zero-order valence-corrected chi connectivity index (χ0v) is 13.1. The Morgan fingerprint density at radius 2 is 2.12 bits per heavy atom. The van der Waals surface area contributed by atoms with E-state index in [1.54, 1.807) is 19.3 Å². The zero-order valence-electron chi connectivity index (χ0n) is 13.1. The van der Waals surface area contributed by atoms with Gasteiger partial charge in [-0.15, -0.1) is 0 Å². The van der Waals surface area contributed by atoms with Crippen LogP contribution in [0.15, 0.2) is 24.5 Å². The van der Waals surface area contributed by atoms with Crippen molar-refractivity contribution in [2.75, 3.05) is 5.32 Å². The molecule has 3 aromatic rings. The monoisotopic (exact) mass is 350 g/mol. The SMILES string of the molecule is Cn1ccc(NC(=O)c2cnn3c(C(F)(F)F)cc(C4CC4)nc23)n1. The van der Waals surface area contributed by atoms with E-state index in [1.165, 1.54) is 4.68 Å². The topological polar surface area (TPSA) is 77.1 Å². The second kappa shape index (κ2) is 5.30. The third-order valence-electron chi connectivity index (χ3n) is 3.98. The Bertz CT molecular complexity index is 969. The van der Waals surface area contributed by atoms with Crippen LogP contribution in [0.4, 0.5) is 19.0 Å². The predicted molar refractivity (Wildman–Crippen MR) is 81.1 cm³/mol. The van der Waals surface area contributed by atoms with E-state index < -0.39 is 17.8 Å². The fourth-order valence-corrected chi connectivity index (χ4v) is 2.60. The summed E-state index contributed by atoms with van der Waals surface area (Å²) in [5.74, 6) is -0.309. The van der Waals surface area contributed by atoms with Gasteiger partial charge in [-0.05, 0) is 18.9 Å². The van der Waals surface area contributed by atoms with Crippen LogP contribution < -0.4 is 5.32 Å². The summed E-state index contributed by atoms with van der Waals surface area (Å²) < 4.78 is 42.2. The molecule has 1 N–H and O–H groups in total. The van der Waals surface area contributed by atoms with Gasteiger partial charge < -0.3 is 5.32 Å². The molecule has 3 aromatic heterocycles. The molecule has 7 nitrogen and oxygen atoms in total. The summed E-state index contributed by atoms with van der Waals surface area (Å²) in [4.78, 5) is 16.7. The summed E-state index contributed by atoms with van der Waals surface area (Å²) in [5.41, 5.74) is -0.729. The number of halogens is 3. The average molecular weight is 350 g/mol. The Labute approximate surface area is 139 Å². The van der Waals surface area contributed by atoms with Crippen LogP contribution in [-0.2, 0) is 13.2 Å². The Kier molecular flexibility index (Phi) is 3.31. The molecular formula is C15H13F3N6O. The lowest BCUT2D eigenvalue weighted by Gasteiger charge is -2.11. The van der Waals surface area contributed by atoms with Gasteiger partial charge in [0.05, 0.1) is 6.20 Å². The van der Waals surface area contributed by atoms with Gasteiger partial charge in [-0.3, -0.25) is 9.48 Å². The average Bonchev–Trinajstić information content (AvgIpc) is 3.18. The summed E-state index contributed by atoms with van der Waals surface area (Å²) >= 11 is 0. The molecule has 1 aliphatic carbocycles. The number of anilines is 1. The van der Waals surface area contributed by atoms with Gasteiger partial charge >= 0.3 is 6.18 Å². The Balaban J connectivity index is 1.79. The van der Waals surface area contributed by atoms with Crippen molar-refractivity contribution in [1.82, 2.24) is 24.4 Å². The molecule has 0 spiro atoms. The molecule has 1 fully saturated rings. The van der Waals surface area contributed by atoms with Crippen molar-refractivity contribution in [2.24, 2.45) is 7.05 Å². The maximum atomic E-state index is 13.3. The molecule has 1 saturated carbocycles. The third kappa shape index (κ3) is 2.83. The lowest BCUT2D eigenvalue weighted by Crippen LogP contribution is -2.16. The highest BCUT2D eigenvalue weighted by Gasteiger charge is 2.37. The normalized spacial score (nSPS) is 14.9. The largest absolute Gasteiger partial charge is 0.433 e. The molecule has 0 unspecified atom stereocenters. The smallest absolute Gasteiger partial charge is 0.305 e. The van der Waals surface area contributed by atoms with Crippen LogP contribution in [-0.4, -0.2) is 30.3 Å². The van der Waals surface area contributed by atoms with E-state index >= 15 is 0 Å². The van der Waals surface area contributed by atoms with E-state index in [0.717, 1.165) is 25.1 Å². The van der Waals surface area contributed by atoms with Gasteiger partial charge in [0, 0.05) is 30.9 Å². The minimum Gasteiger partial charge on any atom is -0.305 e. The maximum Gasteiger partial charge on any atom is 0.433 e. The van der Waals surface area contributed by atoms with Crippen LogP contribution in [0, 0.1) is 0 Å². The molecule has 0 aromatic carbocycles. The Morgan fingerprint density at radius 1 is 1.36 bits per heavy atom. The predicted octanol–water partition coefficient (Wildman–Crippen LogP) is 2.61. The van der Waals surface area contributed by atoms with Gasteiger partial charge in [-0.1, -0.05) is 0 Å². The summed E-state index contributed by atoms with van der Waals surface area (Å²) in [6.07, 6.45) is -0.275. The van der Waals surface area contributed by atoms with E-state index in [4.69, 9.17) is 0 Å². The molecular weight excluding hydrogens is 337 g/mol. The molecule has 1 amide bonds. The molecule has 130 valence electrons. The number of nitrogens with one attached hydrogen (secondary N) is 1. The highest BCUT2D eigenvalue weighted by atomic mass is 19.4. The van der Waals surface area contributed by atoms with Crippen molar-refractivity contribution in [3.05, 3.63) is 41.5 Å². The first-order valence-corrected chi connectivity index (χ1v) is 7.60. The summed E-state index contributed by atoms with van der Waals surface area (Å²) in [6.45, 7) is 0. The van der Waals surface area contributed by atoms with Crippen LogP contribution in [0.2, 0.25) is 0 Å². The van der Waals surface area contributed by atoms with Crippen molar-refractivity contribution < 1.29 is 18.0 Å². The number of hydrogen-bond acceptors (Lipinski definition) is 4. The highest BCUT2D eigenvalue weighted by Crippen LogP contribution is 2.41. The molecule has 4 rings (SSSR count). The van der Waals surface area contributed by atoms with Crippen LogP contribution in [0.1, 0.15) is 40.5 Å². The number of aryl methyl sites for hydroxylation is 1. The van der Waals surface area contributed by atoms with E-state index in [1.807, 2.05) is 0 Å². The van der Waals surface area contributed by atoms with Gasteiger partial charge in [0.25, 0.3) is 5.91 Å². The molecule has 10 heteroatoms. The van der Waals surface area contributed by atoms with Gasteiger partial charge in [0.1, 0.15) is 11.3 Å². The summed E-state index contributed by atoms with van der Waals surface area (Å²) in [5, 5.41) is 10.3. The minimum absolute atomic E-state index is 0.00713. The van der Waals surface area contributed by atoms with Gasteiger partial charge in [-0.2, -0.15) is 23.4 Å². The van der Waals surface area contributed by atoms with E-state index in [0.29, 0.717) is 16.0 Å². The molecule has 0 bridgehead atoms. The van der Waals surface area contributed by atoms with E-state index in [-0.39, 0.29) is 17.1 Å². The number of hydrogen-bond donors (Lipinski definition) is 1. The zero-order chi connectivity index (χ0) is 17.8. The van der Waals surface area contributed by atoms with Crippen molar-refractivity contribution in [2.45, 2.75) is 24.9 Å². The van der Waals surface area contributed by atoms with Crippen molar-refractivity contribution in [1.29, 1.82) is 0 Å². The van der Waals surface area contributed by atoms with Crippen molar-refractivity contribution in [3.63, 3.8) is 0 Å². The second-order valence-corrected chi connectivity index (χ2v) is 5.96. The number of nitrogens with zero attached hydrogens (tertiary/aromatic N) is 5. The van der Waals surface area contributed by atoms with Gasteiger partial charge in [0.15, 0.2) is 11.5 Å². The minimum atomic E-state index is -4.59. The fourth-order valence-electron chi connectivity index (χ4n) is 2.60. The maximum absolute atomic E-state index is 13.3. The Hall–Kier alpha value is -2.91. The van der Waals surface area contributed by atoms with Crippen LogP contribution in [0.25, 0.3) is 5.65 Å². The molecule has 0 radical (unpaired) electrons. The summed E-state index contributed by atoms with van der Waals surface area (Å²) in [7, 11) is 1.68. The number of amides is 1. The van der Waals surface area contributed by atoms with Crippen LogP contribution in [0.5, 0.6) is 0 Å². The quantitative estimate of drug-likeness (QED) is 0.788. The molecule has 25 heavy (non-hydrogen) atoms. The lowest BCUT2D eigenvalue weighted by molar-refractivity contribution is -0.142. The molecule has 0 saturated heterocycles. The van der Waals surface area contributed by atoms with E-state index in [9.17, 15) is 18.0 Å². The number of carbonyl (C=O) groups is 1. The Morgan fingerprint density at radius 3 is 2.72 bits per heavy atom. The van der Waals surface area contributed by atoms with Gasteiger partial charge in [-0.25, -0.2) is 9.50 Å². The van der Waals surface area contributed by atoms with Crippen molar-refractivity contribution in [3.8, 4) is 0 Å². The first kappa shape index (κ1) is 15.6. The molecule has 1 aliphatic rings. The fraction of sp³-hybridized carbons (Fsp3) is 0.333. The van der Waals surface area contributed by atoms with E-state index in [2.05, 4.69) is 20.5 Å². The molecule has 3 heterocycles. The number of carbonyl (C=O) groups excluding carboxylic acids is 1.